The largest absolute Gasteiger partial charge is 0.497 e. The standard InChI is InChI=1S/C29H33NO6/c1-29(2,19-8-10-20(32-3)11-9-19)28(31)30-23-17-25(18-7-14-24(34-5)27(15-18)35-6)36-26-16-21(33-4)12-13-22(23)26/h7-16,23,25H,17H2,1-6H3,(H,30,31)/t23?,25-/m0/s1. The van der Waals surface area contributed by atoms with Crippen LogP contribution in [0.2, 0.25) is 0 Å². The van der Waals surface area contributed by atoms with E-state index in [9.17, 15) is 4.79 Å². The first kappa shape index (κ1) is 25.2. The zero-order chi connectivity index (χ0) is 25.9. The Bertz CT molecular complexity index is 1220. The van der Waals surface area contributed by atoms with Gasteiger partial charge in [-0.1, -0.05) is 18.2 Å². The molecule has 1 amide bonds. The molecule has 7 heteroatoms. The number of nitrogens with one attached hydrogen (secondary N) is 1. The van der Waals surface area contributed by atoms with Crippen LogP contribution in [0.4, 0.5) is 0 Å². The lowest BCUT2D eigenvalue weighted by Crippen LogP contribution is -2.43. The molecular weight excluding hydrogens is 458 g/mol. The number of hydrogen-bond donors (Lipinski definition) is 1. The summed E-state index contributed by atoms with van der Waals surface area (Å²) in [5.74, 6) is 3.30. The van der Waals surface area contributed by atoms with Crippen LogP contribution in [0.25, 0.3) is 0 Å². The maximum atomic E-state index is 13.6. The van der Waals surface area contributed by atoms with Crippen molar-refractivity contribution in [1.29, 1.82) is 0 Å². The Morgan fingerprint density at radius 1 is 0.833 bits per heavy atom. The van der Waals surface area contributed by atoms with Gasteiger partial charge >= 0.3 is 0 Å². The molecule has 0 radical (unpaired) electrons. The van der Waals surface area contributed by atoms with E-state index in [0.29, 0.717) is 29.4 Å². The quantitative estimate of drug-likeness (QED) is 0.456. The maximum absolute atomic E-state index is 13.6. The van der Waals surface area contributed by atoms with Gasteiger partial charge in [0, 0.05) is 18.1 Å². The number of carbonyl (C=O) groups is 1. The van der Waals surface area contributed by atoms with Crippen LogP contribution in [0.5, 0.6) is 28.7 Å². The summed E-state index contributed by atoms with van der Waals surface area (Å²) in [5, 5.41) is 3.28. The van der Waals surface area contributed by atoms with E-state index in [4.69, 9.17) is 23.7 Å². The summed E-state index contributed by atoms with van der Waals surface area (Å²) in [4.78, 5) is 13.6. The second-order valence-corrected chi connectivity index (χ2v) is 9.24. The van der Waals surface area contributed by atoms with E-state index < -0.39 is 5.41 Å². The van der Waals surface area contributed by atoms with Gasteiger partial charge in [0.25, 0.3) is 0 Å². The second-order valence-electron chi connectivity index (χ2n) is 9.24. The molecule has 0 bridgehead atoms. The topological polar surface area (TPSA) is 75.3 Å². The molecule has 1 N–H and O–H groups in total. The SMILES string of the molecule is COc1ccc(C(C)(C)C(=O)NC2C[C@@H](c3ccc(OC)c(OC)c3)Oc3cc(OC)ccc32)cc1. The third-order valence-corrected chi connectivity index (χ3v) is 6.78. The highest BCUT2D eigenvalue weighted by atomic mass is 16.5. The Balaban J connectivity index is 1.65. The van der Waals surface area contributed by atoms with Gasteiger partial charge in [-0.25, -0.2) is 0 Å². The second kappa shape index (κ2) is 10.4. The third-order valence-electron chi connectivity index (χ3n) is 6.78. The van der Waals surface area contributed by atoms with Crippen molar-refractivity contribution in [3.8, 4) is 28.7 Å². The molecule has 1 aliphatic rings. The van der Waals surface area contributed by atoms with Gasteiger partial charge < -0.3 is 29.0 Å². The molecule has 2 atom stereocenters. The van der Waals surface area contributed by atoms with E-state index >= 15 is 0 Å². The zero-order valence-corrected chi connectivity index (χ0v) is 21.6. The Hall–Kier alpha value is -3.87. The van der Waals surface area contributed by atoms with Crippen molar-refractivity contribution in [2.75, 3.05) is 28.4 Å². The number of benzene rings is 3. The summed E-state index contributed by atoms with van der Waals surface area (Å²) in [6, 6.07) is 18.7. The molecule has 3 aromatic rings. The molecule has 36 heavy (non-hydrogen) atoms. The fraction of sp³-hybridized carbons (Fsp3) is 0.345. The van der Waals surface area contributed by atoms with Crippen molar-refractivity contribution in [2.24, 2.45) is 0 Å². The highest BCUT2D eigenvalue weighted by Crippen LogP contribution is 2.44. The minimum Gasteiger partial charge on any atom is -0.497 e. The molecule has 0 spiro atoms. The number of carbonyl (C=O) groups excluding carboxylic acids is 1. The van der Waals surface area contributed by atoms with Gasteiger partial charge in [0.05, 0.1) is 39.9 Å². The van der Waals surface area contributed by atoms with Gasteiger partial charge in [-0.05, 0) is 61.4 Å². The van der Waals surface area contributed by atoms with Gasteiger partial charge in [-0.15, -0.1) is 0 Å². The molecule has 1 aliphatic heterocycles. The lowest BCUT2D eigenvalue weighted by Gasteiger charge is -2.35. The number of rotatable bonds is 8. The number of amides is 1. The van der Waals surface area contributed by atoms with Crippen LogP contribution in [0, 0.1) is 0 Å². The third kappa shape index (κ3) is 4.91. The van der Waals surface area contributed by atoms with Gasteiger partial charge in [0.1, 0.15) is 23.4 Å². The summed E-state index contributed by atoms with van der Waals surface area (Å²) >= 11 is 0. The highest BCUT2D eigenvalue weighted by Gasteiger charge is 2.36. The number of hydrogen-bond acceptors (Lipinski definition) is 6. The molecule has 3 aromatic carbocycles. The van der Waals surface area contributed by atoms with Gasteiger partial charge in [0.2, 0.25) is 5.91 Å². The molecule has 0 saturated heterocycles. The molecule has 190 valence electrons. The smallest absolute Gasteiger partial charge is 0.230 e. The molecule has 7 nitrogen and oxygen atoms in total. The first-order valence-electron chi connectivity index (χ1n) is 11.8. The van der Waals surface area contributed by atoms with Crippen LogP contribution in [-0.4, -0.2) is 34.3 Å². The lowest BCUT2D eigenvalue weighted by molar-refractivity contribution is -0.126. The molecule has 0 aliphatic carbocycles. The Labute approximate surface area is 212 Å². The van der Waals surface area contributed by atoms with Crippen molar-refractivity contribution in [2.45, 2.75) is 37.8 Å². The van der Waals surface area contributed by atoms with Gasteiger partial charge in [-0.3, -0.25) is 4.79 Å². The molecular formula is C29H33NO6. The molecule has 0 fully saturated rings. The predicted molar refractivity (Wildman–Crippen MR) is 137 cm³/mol. The highest BCUT2D eigenvalue weighted by molar-refractivity contribution is 5.87. The summed E-state index contributed by atoms with van der Waals surface area (Å²) in [6.45, 7) is 3.84. The van der Waals surface area contributed by atoms with Crippen LogP contribution in [-0.2, 0) is 10.2 Å². The van der Waals surface area contributed by atoms with Gasteiger partial charge in [-0.2, -0.15) is 0 Å². The summed E-state index contributed by atoms with van der Waals surface area (Å²) < 4.78 is 28.0. The number of fused-ring (bicyclic) bond motifs is 1. The number of methoxy groups -OCH3 is 4. The van der Waals surface area contributed by atoms with E-state index in [-0.39, 0.29) is 18.1 Å². The zero-order valence-electron chi connectivity index (χ0n) is 21.6. The predicted octanol–water partition coefficient (Wildman–Crippen LogP) is 5.38. The molecule has 0 saturated carbocycles. The van der Waals surface area contributed by atoms with Crippen LogP contribution in [0.1, 0.15) is 49.1 Å². The van der Waals surface area contributed by atoms with E-state index in [1.807, 2.05) is 74.5 Å². The van der Waals surface area contributed by atoms with Crippen molar-refractivity contribution in [3.05, 3.63) is 77.4 Å². The Morgan fingerprint density at radius 3 is 2.14 bits per heavy atom. The molecule has 1 heterocycles. The fourth-order valence-corrected chi connectivity index (χ4v) is 4.45. The summed E-state index contributed by atoms with van der Waals surface area (Å²) in [6.07, 6.45) is 0.248. The normalized spacial score (nSPS) is 16.8. The van der Waals surface area contributed by atoms with Crippen molar-refractivity contribution in [3.63, 3.8) is 0 Å². The van der Waals surface area contributed by atoms with E-state index in [2.05, 4.69) is 5.32 Å². The molecule has 1 unspecified atom stereocenters. The minimum absolute atomic E-state index is 0.0765. The van der Waals surface area contributed by atoms with Gasteiger partial charge in [0.15, 0.2) is 11.5 Å². The van der Waals surface area contributed by atoms with E-state index in [1.54, 1.807) is 28.4 Å². The monoisotopic (exact) mass is 491 g/mol. The lowest BCUT2D eigenvalue weighted by atomic mass is 9.82. The van der Waals surface area contributed by atoms with Crippen LogP contribution >= 0.6 is 0 Å². The number of ether oxygens (including phenoxy) is 5. The average molecular weight is 492 g/mol. The molecule has 0 aromatic heterocycles. The Morgan fingerprint density at radius 2 is 1.50 bits per heavy atom. The van der Waals surface area contributed by atoms with Crippen molar-refractivity contribution in [1.82, 2.24) is 5.32 Å². The summed E-state index contributed by atoms with van der Waals surface area (Å²) in [5.41, 5.74) is 1.98. The minimum atomic E-state index is -0.754. The van der Waals surface area contributed by atoms with Crippen LogP contribution in [0.3, 0.4) is 0 Å². The van der Waals surface area contributed by atoms with E-state index in [0.717, 1.165) is 22.4 Å². The Kier molecular flexibility index (Phi) is 7.29. The van der Waals surface area contributed by atoms with Crippen molar-refractivity contribution >= 4 is 5.91 Å². The van der Waals surface area contributed by atoms with Crippen LogP contribution in [0.15, 0.2) is 60.7 Å². The maximum Gasteiger partial charge on any atom is 0.230 e. The summed E-state index contributed by atoms with van der Waals surface area (Å²) in [7, 11) is 6.45. The first-order valence-corrected chi connectivity index (χ1v) is 11.8. The average Bonchev–Trinajstić information content (AvgIpc) is 2.91. The van der Waals surface area contributed by atoms with Crippen LogP contribution < -0.4 is 29.0 Å². The van der Waals surface area contributed by atoms with E-state index in [1.165, 1.54) is 0 Å². The molecule has 4 rings (SSSR count). The fourth-order valence-electron chi connectivity index (χ4n) is 4.45. The first-order chi connectivity index (χ1) is 17.3. The van der Waals surface area contributed by atoms with Crippen molar-refractivity contribution < 1.29 is 28.5 Å².